The van der Waals surface area contributed by atoms with E-state index < -0.39 is 4.92 Å². The lowest BCUT2D eigenvalue weighted by atomic mass is 10.2. The van der Waals surface area contributed by atoms with E-state index in [0.29, 0.717) is 10.9 Å². The van der Waals surface area contributed by atoms with E-state index in [2.05, 4.69) is 10.2 Å². The molecule has 0 aliphatic heterocycles. The third-order valence-electron chi connectivity index (χ3n) is 1.80. The highest BCUT2D eigenvalue weighted by atomic mass is 16.6. The number of nitrogen functional groups attached to an aromatic ring is 1. The van der Waals surface area contributed by atoms with Crippen molar-refractivity contribution in [2.75, 3.05) is 5.73 Å². The lowest BCUT2D eigenvalue weighted by Gasteiger charge is -1.91. The van der Waals surface area contributed by atoms with Crippen LogP contribution < -0.4 is 5.73 Å². The fraction of sp³-hybridized carbons (Fsp3) is 0. The Morgan fingerprint density at radius 1 is 1.54 bits per heavy atom. The van der Waals surface area contributed by atoms with E-state index in [1.807, 2.05) is 0 Å². The Balaban J connectivity index is 2.84. The normalized spacial score (nSPS) is 10.5. The minimum absolute atomic E-state index is 0.0123. The SMILES string of the molecule is Nc1n[nH]c2c([N+](=O)[O-])cccc12. The van der Waals surface area contributed by atoms with Crippen LogP contribution in [0.4, 0.5) is 11.5 Å². The minimum Gasteiger partial charge on any atom is -0.382 e. The molecule has 0 spiro atoms. The number of H-pyrrole nitrogens is 1. The van der Waals surface area contributed by atoms with Crippen molar-refractivity contribution in [2.45, 2.75) is 0 Å². The van der Waals surface area contributed by atoms with Crippen LogP contribution >= 0.6 is 0 Å². The molecule has 1 aromatic carbocycles. The van der Waals surface area contributed by atoms with Gasteiger partial charge in [0.2, 0.25) is 0 Å². The lowest BCUT2D eigenvalue weighted by Crippen LogP contribution is -1.88. The zero-order chi connectivity index (χ0) is 9.42. The predicted molar refractivity (Wildman–Crippen MR) is 47.2 cm³/mol. The van der Waals surface area contributed by atoms with Crippen LogP contribution in [0.3, 0.4) is 0 Å². The first kappa shape index (κ1) is 7.53. The Labute approximate surface area is 72.5 Å². The molecule has 2 rings (SSSR count). The minimum atomic E-state index is -0.472. The second-order valence-corrected chi connectivity index (χ2v) is 2.57. The summed E-state index contributed by atoms with van der Waals surface area (Å²) in [6.07, 6.45) is 0. The second kappa shape index (κ2) is 2.44. The van der Waals surface area contributed by atoms with Gasteiger partial charge in [-0.2, -0.15) is 5.10 Å². The number of anilines is 1. The van der Waals surface area contributed by atoms with Gasteiger partial charge in [0.15, 0.2) is 5.82 Å². The zero-order valence-electron chi connectivity index (χ0n) is 6.52. The van der Waals surface area contributed by atoms with Crippen molar-refractivity contribution in [1.29, 1.82) is 0 Å². The summed E-state index contributed by atoms with van der Waals surface area (Å²) in [5.74, 6) is 0.277. The molecule has 6 nitrogen and oxygen atoms in total. The summed E-state index contributed by atoms with van der Waals surface area (Å²) < 4.78 is 0. The molecule has 1 heterocycles. The summed E-state index contributed by atoms with van der Waals surface area (Å²) in [4.78, 5) is 10.1. The van der Waals surface area contributed by atoms with Crippen LogP contribution in [0.1, 0.15) is 0 Å². The number of nitrogens with one attached hydrogen (secondary N) is 1. The van der Waals surface area contributed by atoms with Gasteiger partial charge in [0.1, 0.15) is 5.52 Å². The number of nitro groups is 1. The molecule has 0 radical (unpaired) electrons. The molecule has 0 aliphatic carbocycles. The average Bonchev–Trinajstić information content (AvgIpc) is 2.48. The molecule has 0 atom stereocenters. The Kier molecular flexibility index (Phi) is 1.42. The molecule has 0 saturated carbocycles. The van der Waals surface area contributed by atoms with Gasteiger partial charge in [0.25, 0.3) is 5.69 Å². The number of aromatic amines is 1. The van der Waals surface area contributed by atoms with Crippen molar-refractivity contribution in [2.24, 2.45) is 0 Å². The number of para-hydroxylation sites is 1. The molecule has 0 amide bonds. The topological polar surface area (TPSA) is 97.8 Å². The maximum Gasteiger partial charge on any atom is 0.294 e. The summed E-state index contributed by atoms with van der Waals surface area (Å²) in [5, 5.41) is 17.3. The third-order valence-corrected chi connectivity index (χ3v) is 1.80. The van der Waals surface area contributed by atoms with E-state index in [9.17, 15) is 10.1 Å². The number of hydrogen-bond donors (Lipinski definition) is 2. The van der Waals surface area contributed by atoms with Crippen molar-refractivity contribution in [1.82, 2.24) is 10.2 Å². The Morgan fingerprint density at radius 3 is 3.00 bits per heavy atom. The molecule has 0 aliphatic rings. The van der Waals surface area contributed by atoms with E-state index in [1.165, 1.54) is 6.07 Å². The molecule has 66 valence electrons. The van der Waals surface area contributed by atoms with Crippen LogP contribution in [-0.2, 0) is 0 Å². The Hall–Kier alpha value is -2.11. The molecule has 6 heteroatoms. The molecular weight excluding hydrogens is 172 g/mol. The highest BCUT2D eigenvalue weighted by Crippen LogP contribution is 2.25. The molecule has 0 bridgehead atoms. The van der Waals surface area contributed by atoms with Gasteiger partial charge < -0.3 is 5.73 Å². The molecule has 0 saturated heterocycles. The zero-order valence-corrected chi connectivity index (χ0v) is 6.52. The molecule has 3 N–H and O–H groups in total. The highest BCUT2D eigenvalue weighted by Gasteiger charge is 2.14. The largest absolute Gasteiger partial charge is 0.382 e. The molecule has 0 unspecified atom stereocenters. The van der Waals surface area contributed by atoms with E-state index >= 15 is 0 Å². The number of hydrogen-bond acceptors (Lipinski definition) is 4. The third kappa shape index (κ3) is 0.994. The fourth-order valence-electron chi connectivity index (χ4n) is 1.20. The standard InChI is InChI=1S/C7H6N4O2/c8-7-4-2-1-3-5(11(12)13)6(4)9-10-7/h1-3H,(H3,8,9,10). The van der Waals surface area contributed by atoms with Gasteiger partial charge in [-0.1, -0.05) is 6.07 Å². The van der Waals surface area contributed by atoms with Gasteiger partial charge >= 0.3 is 0 Å². The van der Waals surface area contributed by atoms with Crippen LogP contribution in [0.2, 0.25) is 0 Å². The quantitative estimate of drug-likeness (QED) is 0.503. The van der Waals surface area contributed by atoms with Crippen molar-refractivity contribution in [3.8, 4) is 0 Å². The number of aromatic nitrogens is 2. The van der Waals surface area contributed by atoms with Crippen LogP contribution in [0.25, 0.3) is 10.9 Å². The van der Waals surface area contributed by atoms with Crippen LogP contribution in [0, 0.1) is 10.1 Å². The lowest BCUT2D eigenvalue weighted by molar-refractivity contribution is -0.383. The van der Waals surface area contributed by atoms with Gasteiger partial charge in [-0.25, -0.2) is 0 Å². The van der Waals surface area contributed by atoms with E-state index in [-0.39, 0.29) is 11.5 Å². The maximum absolute atomic E-state index is 10.5. The molecular formula is C7H6N4O2. The first-order chi connectivity index (χ1) is 6.20. The molecule has 0 fully saturated rings. The number of nitrogens with two attached hydrogens (primary N) is 1. The highest BCUT2D eigenvalue weighted by molar-refractivity contribution is 5.94. The first-order valence-corrected chi connectivity index (χ1v) is 3.57. The van der Waals surface area contributed by atoms with E-state index in [4.69, 9.17) is 5.73 Å². The number of nitro benzene ring substituents is 1. The van der Waals surface area contributed by atoms with Crippen molar-refractivity contribution in [3.63, 3.8) is 0 Å². The van der Waals surface area contributed by atoms with Crippen molar-refractivity contribution in [3.05, 3.63) is 28.3 Å². The number of benzene rings is 1. The van der Waals surface area contributed by atoms with Crippen molar-refractivity contribution >= 4 is 22.4 Å². The molecule has 13 heavy (non-hydrogen) atoms. The summed E-state index contributed by atoms with van der Waals surface area (Å²) >= 11 is 0. The molecule has 1 aromatic heterocycles. The van der Waals surface area contributed by atoms with Gasteiger partial charge in [0.05, 0.1) is 10.3 Å². The summed E-state index contributed by atoms with van der Waals surface area (Å²) in [7, 11) is 0. The monoisotopic (exact) mass is 178 g/mol. The summed E-state index contributed by atoms with van der Waals surface area (Å²) in [5.41, 5.74) is 5.83. The number of nitrogens with zero attached hydrogens (tertiary/aromatic N) is 2. The van der Waals surface area contributed by atoms with Gasteiger partial charge in [0, 0.05) is 6.07 Å². The van der Waals surface area contributed by atoms with Crippen LogP contribution in [-0.4, -0.2) is 15.1 Å². The Bertz CT molecular complexity index is 476. The average molecular weight is 178 g/mol. The predicted octanol–water partition coefficient (Wildman–Crippen LogP) is 1.05. The smallest absolute Gasteiger partial charge is 0.294 e. The van der Waals surface area contributed by atoms with Crippen LogP contribution in [0.15, 0.2) is 18.2 Å². The number of rotatable bonds is 1. The maximum atomic E-state index is 10.5. The van der Waals surface area contributed by atoms with E-state index in [0.717, 1.165) is 0 Å². The first-order valence-electron chi connectivity index (χ1n) is 3.57. The van der Waals surface area contributed by atoms with Gasteiger partial charge in [-0.05, 0) is 6.07 Å². The summed E-state index contributed by atoms with van der Waals surface area (Å²) in [6.45, 7) is 0. The molecule has 2 aromatic rings. The number of non-ortho nitro benzene ring substituents is 1. The van der Waals surface area contributed by atoms with Crippen molar-refractivity contribution < 1.29 is 4.92 Å². The van der Waals surface area contributed by atoms with E-state index in [1.54, 1.807) is 12.1 Å². The van der Waals surface area contributed by atoms with Gasteiger partial charge in [-0.3, -0.25) is 15.2 Å². The second-order valence-electron chi connectivity index (χ2n) is 2.57. The Morgan fingerprint density at radius 2 is 2.31 bits per heavy atom. The fourth-order valence-corrected chi connectivity index (χ4v) is 1.20. The van der Waals surface area contributed by atoms with Crippen LogP contribution in [0.5, 0.6) is 0 Å². The van der Waals surface area contributed by atoms with Gasteiger partial charge in [-0.15, -0.1) is 0 Å². The number of fused-ring (bicyclic) bond motifs is 1. The summed E-state index contributed by atoms with van der Waals surface area (Å²) in [6, 6.07) is 4.66.